The number of carbonyl (C=O) groups excluding carboxylic acids is 4. The molecule has 4 aliphatic rings. The third-order valence-electron chi connectivity index (χ3n) is 12.3. The van der Waals surface area contributed by atoms with E-state index >= 15 is 4.39 Å². The molecule has 3 aromatic carbocycles. The molecule has 0 aliphatic carbocycles. The molecule has 1 aromatic heterocycles. The zero-order valence-corrected chi connectivity index (χ0v) is 36.9. The molecule has 3 atom stereocenters. The first kappa shape index (κ1) is 43.1. The van der Waals surface area contributed by atoms with Crippen LogP contribution in [0.15, 0.2) is 60.8 Å². The number of nitrogens with zero attached hydrogens (tertiary/aromatic N) is 6. The fourth-order valence-corrected chi connectivity index (χ4v) is 10.4. The van der Waals surface area contributed by atoms with Crippen LogP contribution in [0.2, 0.25) is 5.02 Å². The highest BCUT2D eigenvalue weighted by molar-refractivity contribution is 7.70. The van der Waals surface area contributed by atoms with Crippen molar-refractivity contribution >= 4 is 82.2 Å². The molecule has 326 valence electrons. The van der Waals surface area contributed by atoms with Gasteiger partial charge in [-0.15, -0.1) is 0 Å². The van der Waals surface area contributed by atoms with Crippen LogP contribution in [-0.2, 0) is 14.2 Å². The lowest BCUT2D eigenvalue weighted by Gasteiger charge is -2.47. The molecule has 15 nitrogen and oxygen atoms in total. The molecule has 0 spiro atoms. The lowest BCUT2D eigenvalue weighted by molar-refractivity contribution is -0.136. The van der Waals surface area contributed by atoms with E-state index in [1.807, 2.05) is 47.4 Å². The van der Waals surface area contributed by atoms with Crippen LogP contribution in [0.4, 0.5) is 38.9 Å². The van der Waals surface area contributed by atoms with Crippen LogP contribution in [0.25, 0.3) is 0 Å². The van der Waals surface area contributed by atoms with Crippen LogP contribution in [0.1, 0.15) is 60.2 Å². The molecule has 0 saturated carbocycles. The van der Waals surface area contributed by atoms with E-state index in [4.69, 9.17) is 16.3 Å². The predicted molar refractivity (Wildman–Crippen MR) is 238 cm³/mol. The van der Waals surface area contributed by atoms with E-state index in [-0.39, 0.29) is 41.7 Å². The summed E-state index contributed by atoms with van der Waals surface area (Å²) in [4.78, 5) is 67.5. The molecule has 5 heterocycles. The fraction of sp³-hybridized carbons (Fsp3) is 0.409. The first-order valence-corrected chi connectivity index (χ1v) is 23.8. The topological polar surface area (TPSA) is 169 Å². The molecular formula is C44H50ClFN9O6P. The van der Waals surface area contributed by atoms with E-state index in [0.29, 0.717) is 58.2 Å². The predicted octanol–water partition coefficient (Wildman–Crippen LogP) is 6.23. The lowest BCUT2D eigenvalue weighted by atomic mass is 9.93. The number of imide groups is 2. The molecule has 62 heavy (non-hydrogen) atoms. The largest absolute Gasteiger partial charge is 0.494 e. The van der Waals surface area contributed by atoms with Gasteiger partial charge in [-0.25, -0.2) is 9.37 Å². The van der Waals surface area contributed by atoms with E-state index in [2.05, 4.69) is 49.6 Å². The van der Waals surface area contributed by atoms with E-state index < -0.39 is 42.6 Å². The highest BCUT2D eigenvalue weighted by Crippen LogP contribution is 2.40. The Morgan fingerprint density at radius 3 is 2.27 bits per heavy atom. The number of anilines is 6. The van der Waals surface area contributed by atoms with Gasteiger partial charge in [0.25, 0.3) is 11.8 Å². The van der Waals surface area contributed by atoms with Crippen LogP contribution in [-0.4, -0.2) is 115 Å². The SMILES string of the molecule is COc1cc(N2CCC(CN3C(C)CN(c4cc5c(cc4F)C(=O)N(C4CCC(=O)NC4=O)C5=O)CC3C)CC2)ccc1Nc1ncc(Cl)c(Nc2ccccc2P(C)(C)=O)n1. The first-order chi connectivity index (χ1) is 29.6. The summed E-state index contributed by atoms with van der Waals surface area (Å²) in [5, 5.41) is 9.69. The van der Waals surface area contributed by atoms with E-state index in [1.54, 1.807) is 20.4 Å². The molecule has 18 heteroatoms. The van der Waals surface area contributed by atoms with Gasteiger partial charge in [0.1, 0.15) is 29.8 Å². The minimum atomic E-state index is -2.57. The zero-order valence-electron chi connectivity index (χ0n) is 35.3. The lowest BCUT2D eigenvalue weighted by Crippen LogP contribution is -2.58. The van der Waals surface area contributed by atoms with Crippen LogP contribution in [0.3, 0.4) is 0 Å². The average molecular weight is 886 g/mol. The molecule has 3 unspecified atom stereocenters. The molecule has 3 saturated heterocycles. The summed E-state index contributed by atoms with van der Waals surface area (Å²) in [5.41, 5.74) is 2.64. The summed E-state index contributed by atoms with van der Waals surface area (Å²) >= 11 is 6.48. The van der Waals surface area contributed by atoms with E-state index in [9.17, 15) is 23.7 Å². The van der Waals surface area contributed by atoms with E-state index in [0.717, 1.165) is 49.1 Å². The zero-order chi connectivity index (χ0) is 44.0. The number of piperidine rings is 2. The summed E-state index contributed by atoms with van der Waals surface area (Å²) in [6, 6.07) is 15.0. The molecule has 4 aliphatic heterocycles. The Morgan fingerprint density at radius 2 is 1.60 bits per heavy atom. The van der Waals surface area contributed by atoms with Crippen molar-refractivity contribution in [2.24, 2.45) is 5.92 Å². The number of piperazine rings is 1. The summed E-state index contributed by atoms with van der Waals surface area (Å²) in [5.74, 6) is -1.36. The summed E-state index contributed by atoms with van der Waals surface area (Å²) in [6.07, 6.45) is 3.53. The number of methoxy groups -OCH3 is 1. The summed E-state index contributed by atoms with van der Waals surface area (Å²) in [7, 11) is -0.952. The Morgan fingerprint density at radius 1 is 0.903 bits per heavy atom. The molecular weight excluding hydrogens is 836 g/mol. The Kier molecular flexibility index (Phi) is 12.0. The second-order valence-corrected chi connectivity index (χ2v) is 20.5. The maximum atomic E-state index is 15.7. The Labute approximate surface area is 364 Å². The number of carbonyl (C=O) groups is 4. The maximum absolute atomic E-state index is 15.7. The number of rotatable bonds is 11. The number of hydrogen-bond donors (Lipinski definition) is 3. The standard InChI is InChI=1S/C44H50ClFN9O6P/c1-25-22-53(36-20-30-29(19-32(36)46)42(58)55(43(30)59)35-12-13-39(56)50-41(35)57)23-26(2)54(25)24-27-14-16-52(17-15-27)28-10-11-33(37(18-28)61-3)49-44-47-21-31(45)40(51-44)48-34-8-6-7-9-38(34)62(4,5)60/h6-11,18-21,25-27,35H,12-17,22-24H2,1-5H3,(H,50,56,57)(H2,47,48,49,51). The molecule has 0 radical (unpaired) electrons. The number of amides is 4. The van der Waals surface area contributed by atoms with Gasteiger partial charge in [0.2, 0.25) is 17.8 Å². The number of ether oxygens (including phenoxy) is 1. The second-order valence-electron chi connectivity index (χ2n) is 16.9. The fourth-order valence-electron chi connectivity index (χ4n) is 9.10. The number of benzene rings is 3. The third-order valence-corrected chi connectivity index (χ3v) is 14.1. The van der Waals surface area contributed by atoms with Gasteiger partial charge in [-0.1, -0.05) is 23.7 Å². The van der Waals surface area contributed by atoms with Crippen molar-refractivity contribution < 1.29 is 32.9 Å². The van der Waals surface area contributed by atoms with Crippen molar-refractivity contribution in [2.75, 3.05) is 73.6 Å². The van der Waals surface area contributed by atoms with Crippen LogP contribution in [0, 0.1) is 11.7 Å². The van der Waals surface area contributed by atoms with Gasteiger partial charge >= 0.3 is 0 Å². The number of halogens is 2. The van der Waals surface area contributed by atoms with Crippen molar-refractivity contribution in [1.82, 2.24) is 25.1 Å². The molecule has 8 rings (SSSR count). The number of fused-ring (bicyclic) bond motifs is 1. The van der Waals surface area contributed by atoms with Gasteiger partial charge in [0.15, 0.2) is 5.82 Å². The first-order valence-electron chi connectivity index (χ1n) is 20.8. The molecule has 3 N–H and O–H groups in total. The van der Waals surface area contributed by atoms with Gasteiger partial charge in [0, 0.05) is 68.3 Å². The minimum Gasteiger partial charge on any atom is -0.494 e. The third kappa shape index (κ3) is 8.60. The maximum Gasteiger partial charge on any atom is 0.262 e. The van der Waals surface area contributed by atoms with Crippen LogP contribution < -0.4 is 35.8 Å². The van der Waals surface area contributed by atoms with Gasteiger partial charge in [-0.05, 0) is 88.8 Å². The normalized spacial score (nSPS) is 21.3. The Balaban J connectivity index is 0.871. The van der Waals surface area contributed by atoms with Gasteiger partial charge in [-0.2, -0.15) is 4.98 Å². The molecule has 0 bridgehead atoms. The van der Waals surface area contributed by atoms with Crippen LogP contribution >= 0.6 is 18.7 Å². The van der Waals surface area contributed by atoms with Crippen molar-refractivity contribution in [3.63, 3.8) is 0 Å². The van der Waals surface area contributed by atoms with Gasteiger partial charge in [-0.3, -0.25) is 34.3 Å². The van der Waals surface area contributed by atoms with Crippen molar-refractivity contribution in [1.29, 1.82) is 0 Å². The minimum absolute atomic E-state index is 0.0102. The van der Waals surface area contributed by atoms with Crippen molar-refractivity contribution in [3.05, 3.63) is 82.8 Å². The summed E-state index contributed by atoms with van der Waals surface area (Å²) in [6.45, 7) is 11.4. The highest BCUT2D eigenvalue weighted by atomic mass is 35.5. The number of aromatic nitrogens is 2. The van der Waals surface area contributed by atoms with Gasteiger partial charge in [0.05, 0.1) is 41.5 Å². The molecule has 3 fully saturated rings. The quantitative estimate of drug-likeness (QED) is 0.115. The molecule has 4 aromatic rings. The number of hydrogen-bond acceptors (Lipinski definition) is 13. The van der Waals surface area contributed by atoms with Crippen LogP contribution in [0.5, 0.6) is 5.75 Å². The van der Waals surface area contributed by atoms with Crippen molar-refractivity contribution in [3.8, 4) is 5.75 Å². The van der Waals surface area contributed by atoms with E-state index in [1.165, 1.54) is 12.3 Å². The monoisotopic (exact) mass is 885 g/mol. The second kappa shape index (κ2) is 17.3. The Hall–Kier alpha value is -5.57. The molecule has 4 amide bonds. The Bertz CT molecular complexity index is 2480. The average Bonchev–Trinajstić information content (AvgIpc) is 3.47. The van der Waals surface area contributed by atoms with Crippen molar-refractivity contribution in [2.45, 2.75) is 57.7 Å². The van der Waals surface area contributed by atoms with Gasteiger partial charge < -0.3 is 29.7 Å². The summed E-state index contributed by atoms with van der Waals surface area (Å²) < 4.78 is 34.5. The smallest absolute Gasteiger partial charge is 0.262 e. The highest BCUT2D eigenvalue weighted by Gasteiger charge is 2.46. The number of nitrogens with one attached hydrogen (secondary N) is 3. The number of para-hydroxylation sites is 1.